The molecule has 3 N–H and O–H groups in total. The predicted molar refractivity (Wildman–Crippen MR) is 162 cm³/mol. The number of esters is 1. The van der Waals surface area contributed by atoms with Gasteiger partial charge in [-0.05, 0) is 62.3 Å². The second-order valence-electron chi connectivity index (χ2n) is 10.9. The minimum atomic E-state index is -1.09. The largest absolute Gasteiger partial charge is 0.480 e. The van der Waals surface area contributed by atoms with E-state index in [9.17, 15) is 24.3 Å². The van der Waals surface area contributed by atoms with Gasteiger partial charge >= 0.3 is 11.9 Å². The number of benzene rings is 3. The van der Waals surface area contributed by atoms with E-state index in [0.717, 1.165) is 11.1 Å². The Bertz CT molecular complexity index is 1370. The third kappa shape index (κ3) is 8.51. The first-order valence-corrected chi connectivity index (χ1v) is 14.7. The summed E-state index contributed by atoms with van der Waals surface area (Å²) in [4.78, 5) is 53.9. The van der Waals surface area contributed by atoms with E-state index in [1.54, 1.807) is 38.1 Å². The molecule has 1 fully saturated rings. The average Bonchev–Trinajstić information content (AvgIpc) is 3.44. The lowest BCUT2D eigenvalue weighted by molar-refractivity contribution is -0.150. The van der Waals surface area contributed by atoms with E-state index in [0.29, 0.717) is 24.9 Å². The Balaban J connectivity index is 1.56. The molecular formula is C34H39N3O6. The molecule has 0 spiro atoms. The highest BCUT2D eigenvalue weighted by Crippen LogP contribution is 2.27. The number of rotatable bonds is 13. The Hall–Kier alpha value is -4.50. The van der Waals surface area contributed by atoms with Crippen LogP contribution in [0.5, 0.6) is 0 Å². The van der Waals surface area contributed by atoms with Crippen LogP contribution in [0.2, 0.25) is 0 Å². The molecule has 0 bridgehead atoms. The summed E-state index contributed by atoms with van der Waals surface area (Å²) in [6.45, 7) is 3.70. The summed E-state index contributed by atoms with van der Waals surface area (Å²) in [5.41, 5.74) is 2.39. The van der Waals surface area contributed by atoms with Crippen LogP contribution in [0, 0.1) is 5.92 Å². The number of hydrogen-bond donors (Lipinski definition) is 3. The quantitative estimate of drug-likeness (QED) is 0.262. The smallest absolute Gasteiger partial charge is 0.326 e. The molecule has 43 heavy (non-hydrogen) atoms. The number of carbonyl (C=O) groups excluding carboxylic acids is 3. The molecule has 4 rings (SSSR count). The van der Waals surface area contributed by atoms with Gasteiger partial charge in [-0.25, -0.2) is 4.79 Å². The van der Waals surface area contributed by atoms with E-state index >= 15 is 0 Å². The number of likely N-dealkylation sites (tertiary alicyclic amines) is 1. The lowest BCUT2D eigenvalue weighted by Crippen LogP contribution is -2.60. The molecule has 1 heterocycles. The summed E-state index contributed by atoms with van der Waals surface area (Å²) in [6, 6.07) is 24.1. The topological polar surface area (TPSA) is 125 Å². The van der Waals surface area contributed by atoms with Crippen molar-refractivity contribution in [3.8, 4) is 0 Å². The van der Waals surface area contributed by atoms with Crippen LogP contribution in [0.3, 0.4) is 0 Å². The number of nitrogens with one attached hydrogen (secondary N) is 2. The molecule has 2 amide bonds. The summed E-state index contributed by atoms with van der Waals surface area (Å²) in [6.07, 6.45) is 1.29. The molecule has 2 unspecified atom stereocenters. The third-order valence-corrected chi connectivity index (χ3v) is 7.72. The third-order valence-electron chi connectivity index (χ3n) is 7.72. The molecule has 0 aliphatic carbocycles. The van der Waals surface area contributed by atoms with Crippen LogP contribution in [0.4, 0.5) is 0 Å². The Morgan fingerprint density at radius 1 is 0.907 bits per heavy atom. The highest BCUT2D eigenvalue weighted by molar-refractivity contribution is 5.95. The van der Waals surface area contributed by atoms with Crippen molar-refractivity contribution in [1.29, 1.82) is 0 Å². The van der Waals surface area contributed by atoms with Gasteiger partial charge in [-0.2, -0.15) is 0 Å². The van der Waals surface area contributed by atoms with Gasteiger partial charge in [0.1, 0.15) is 12.1 Å². The van der Waals surface area contributed by atoms with E-state index in [1.165, 1.54) is 4.90 Å². The maximum absolute atomic E-state index is 13.8. The Kier molecular flexibility index (Phi) is 11.0. The van der Waals surface area contributed by atoms with Crippen molar-refractivity contribution in [3.63, 3.8) is 0 Å². The lowest BCUT2D eigenvalue weighted by atomic mass is 9.97. The molecule has 5 atom stereocenters. The van der Waals surface area contributed by atoms with Crippen molar-refractivity contribution >= 4 is 23.8 Å². The van der Waals surface area contributed by atoms with Gasteiger partial charge in [0.15, 0.2) is 0 Å². The number of ether oxygens (including phenoxy) is 1. The molecule has 1 aliphatic rings. The zero-order valence-electron chi connectivity index (χ0n) is 24.5. The fourth-order valence-electron chi connectivity index (χ4n) is 5.63. The predicted octanol–water partition coefficient (Wildman–Crippen LogP) is 3.48. The number of amides is 2. The molecule has 1 saturated heterocycles. The van der Waals surface area contributed by atoms with Gasteiger partial charge in [-0.15, -0.1) is 0 Å². The maximum Gasteiger partial charge on any atom is 0.326 e. The molecule has 9 heteroatoms. The Morgan fingerprint density at radius 3 is 2.07 bits per heavy atom. The van der Waals surface area contributed by atoms with Crippen LogP contribution >= 0.6 is 0 Å². The molecule has 3 aromatic rings. The van der Waals surface area contributed by atoms with E-state index in [4.69, 9.17) is 4.74 Å². The number of carbonyl (C=O) groups is 4. The van der Waals surface area contributed by atoms with Gasteiger partial charge in [-0.1, -0.05) is 78.9 Å². The number of carboxylic acids is 1. The highest BCUT2D eigenvalue weighted by Gasteiger charge is 2.42. The number of nitrogens with zero attached hydrogens (tertiary/aromatic N) is 1. The zero-order chi connectivity index (χ0) is 30.8. The van der Waals surface area contributed by atoms with Crippen LogP contribution < -0.4 is 10.6 Å². The molecule has 0 aromatic heterocycles. The second-order valence-corrected chi connectivity index (χ2v) is 10.9. The number of aliphatic carboxylic acids is 1. The SMILES string of the molecule is CCOC(=O)C(NC(C)C(=O)N1C[C@@H](Cc2ccccc2)C[C@H]1C(=O)O)[C@H](Cc1ccccc1)NC(=O)c1ccccc1. The van der Waals surface area contributed by atoms with Crippen LogP contribution in [0.15, 0.2) is 91.0 Å². The fourth-order valence-corrected chi connectivity index (χ4v) is 5.63. The van der Waals surface area contributed by atoms with E-state index in [-0.39, 0.29) is 24.9 Å². The second kappa shape index (κ2) is 15.1. The lowest BCUT2D eigenvalue weighted by Gasteiger charge is -2.32. The Labute approximate surface area is 252 Å². The molecule has 9 nitrogen and oxygen atoms in total. The first kappa shape index (κ1) is 31.4. The average molecular weight is 586 g/mol. The van der Waals surface area contributed by atoms with Crippen LogP contribution in [0.25, 0.3) is 0 Å². The molecule has 3 aromatic carbocycles. The summed E-state index contributed by atoms with van der Waals surface area (Å²) in [7, 11) is 0. The van der Waals surface area contributed by atoms with Crippen molar-refractivity contribution in [1.82, 2.24) is 15.5 Å². The monoisotopic (exact) mass is 585 g/mol. The summed E-state index contributed by atoms with van der Waals surface area (Å²) in [5.74, 6) is -2.49. The van der Waals surface area contributed by atoms with E-state index in [1.807, 2.05) is 66.7 Å². The van der Waals surface area contributed by atoms with Crippen LogP contribution in [0.1, 0.15) is 41.8 Å². The molecular weight excluding hydrogens is 546 g/mol. The normalized spacial score (nSPS) is 18.3. The molecule has 226 valence electrons. The van der Waals surface area contributed by atoms with Gasteiger partial charge < -0.3 is 20.1 Å². The fraction of sp³-hybridized carbons (Fsp3) is 0.353. The van der Waals surface area contributed by atoms with E-state index < -0.39 is 42.0 Å². The van der Waals surface area contributed by atoms with Gasteiger partial charge in [0.05, 0.1) is 18.7 Å². The standard InChI is InChI=1S/C34H39N3O6/c1-3-43-34(42)30(28(20-25-15-9-5-10-16-25)36-31(38)27-17-11-6-12-18-27)35-23(2)32(39)37-22-26(21-29(37)33(40)41)19-24-13-7-4-8-14-24/h4-18,23,26,28-30,35H,3,19-22H2,1-2H3,(H,36,38)(H,40,41)/t23?,26-,28-,29-,30?/m0/s1. The minimum absolute atomic E-state index is 0.0171. The Morgan fingerprint density at radius 2 is 1.49 bits per heavy atom. The van der Waals surface area contributed by atoms with Crippen molar-refractivity contribution in [2.75, 3.05) is 13.2 Å². The van der Waals surface area contributed by atoms with Crippen molar-refractivity contribution < 1.29 is 29.0 Å². The maximum atomic E-state index is 13.8. The highest BCUT2D eigenvalue weighted by atomic mass is 16.5. The molecule has 0 radical (unpaired) electrons. The van der Waals surface area contributed by atoms with Gasteiger partial charge in [0.25, 0.3) is 5.91 Å². The van der Waals surface area contributed by atoms with E-state index in [2.05, 4.69) is 10.6 Å². The summed E-state index contributed by atoms with van der Waals surface area (Å²) >= 11 is 0. The molecule has 0 saturated carbocycles. The summed E-state index contributed by atoms with van der Waals surface area (Å²) in [5, 5.41) is 16.0. The minimum Gasteiger partial charge on any atom is -0.480 e. The number of carboxylic acid groups (broad SMARTS) is 1. The van der Waals surface area contributed by atoms with Gasteiger partial charge in [-0.3, -0.25) is 19.7 Å². The van der Waals surface area contributed by atoms with Crippen LogP contribution in [-0.2, 0) is 32.0 Å². The number of hydrogen-bond acceptors (Lipinski definition) is 6. The first-order chi connectivity index (χ1) is 20.8. The van der Waals surface area contributed by atoms with Crippen LogP contribution in [-0.4, -0.2) is 71.1 Å². The van der Waals surface area contributed by atoms with Gasteiger partial charge in [0.2, 0.25) is 5.91 Å². The van der Waals surface area contributed by atoms with Gasteiger partial charge in [0, 0.05) is 12.1 Å². The van der Waals surface area contributed by atoms with Crippen molar-refractivity contribution in [2.24, 2.45) is 5.92 Å². The molecule has 1 aliphatic heterocycles. The zero-order valence-corrected chi connectivity index (χ0v) is 24.5. The van der Waals surface area contributed by atoms with Crippen molar-refractivity contribution in [2.45, 2.75) is 57.3 Å². The van der Waals surface area contributed by atoms with Crippen molar-refractivity contribution in [3.05, 3.63) is 108 Å². The first-order valence-electron chi connectivity index (χ1n) is 14.7. The summed E-state index contributed by atoms with van der Waals surface area (Å²) < 4.78 is 5.39.